The van der Waals surface area contributed by atoms with Crippen LogP contribution in [-0.4, -0.2) is 40.7 Å². The van der Waals surface area contributed by atoms with Gasteiger partial charge in [-0.3, -0.25) is 4.79 Å². The summed E-state index contributed by atoms with van der Waals surface area (Å²) in [5, 5.41) is 11.2. The van der Waals surface area contributed by atoms with Crippen LogP contribution in [0.1, 0.15) is 12.8 Å². The van der Waals surface area contributed by atoms with Gasteiger partial charge in [-0.25, -0.2) is 0 Å². The van der Waals surface area contributed by atoms with Crippen LogP contribution >= 0.6 is 0 Å². The molecule has 0 radical (unpaired) electrons. The van der Waals surface area contributed by atoms with E-state index in [1.54, 1.807) is 12.5 Å². The van der Waals surface area contributed by atoms with Crippen molar-refractivity contribution in [3.8, 4) is 0 Å². The summed E-state index contributed by atoms with van der Waals surface area (Å²) < 4.78 is 9.56. The lowest BCUT2D eigenvalue weighted by atomic mass is 10.2. The zero-order valence-corrected chi connectivity index (χ0v) is 8.19. The first-order valence-electron chi connectivity index (χ1n) is 3.75. The molecule has 2 N–H and O–H groups in total. The average molecular weight is 193 g/mol. The summed E-state index contributed by atoms with van der Waals surface area (Å²) in [5.74, 6) is -0.720. The van der Waals surface area contributed by atoms with Gasteiger partial charge in [0.1, 0.15) is 6.04 Å². The van der Waals surface area contributed by atoms with Gasteiger partial charge < -0.3 is 15.0 Å². The monoisotopic (exact) mass is 193 g/mol. The van der Waals surface area contributed by atoms with Crippen LogP contribution in [-0.2, 0) is 16.0 Å². The van der Waals surface area contributed by atoms with Crippen LogP contribution < -0.4 is 5.32 Å². The van der Waals surface area contributed by atoms with Crippen LogP contribution in [0.25, 0.3) is 0 Å². The Morgan fingerprint density at radius 3 is 2.33 bits per heavy atom. The minimum absolute atomic E-state index is 0.269. The molecular weight excluding hydrogens is 178 g/mol. The van der Waals surface area contributed by atoms with Crippen LogP contribution in [0.4, 0.5) is 0 Å². The molecule has 0 aliphatic carbocycles. The summed E-state index contributed by atoms with van der Waals surface area (Å²) in [4.78, 5) is 10.1. The molecule has 12 heavy (non-hydrogen) atoms. The van der Waals surface area contributed by atoms with Crippen LogP contribution in [0.15, 0.2) is 0 Å². The van der Waals surface area contributed by atoms with E-state index in [0.29, 0.717) is 0 Å². The molecule has 0 bridgehead atoms. The Balaban J connectivity index is 0.000000261. The molecule has 0 spiro atoms. The molecule has 1 rings (SSSR count). The van der Waals surface area contributed by atoms with Crippen molar-refractivity contribution in [2.24, 2.45) is 0 Å². The SMILES string of the molecule is C[S+](C)[O-].O=C(O)[C@@H]1CCCN1. The molecule has 1 atom stereocenters. The zero-order valence-electron chi connectivity index (χ0n) is 7.37. The molecule has 72 valence electrons. The Labute approximate surface area is 75.5 Å². The fourth-order valence-corrected chi connectivity index (χ4v) is 0.895. The molecule has 1 aliphatic heterocycles. The lowest BCUT2D eigenvalue weighted by molar-refractivity contribution is -0.139. The van der Waals surface area contributed by atoms with Crippen LogP contribution in [0, 0.1) is 0 Å². The second-order valence-electron chi connectivity index (χ2n) is 2.73. The molecule has 1 fully saturated rings. The van der Waals surface area contributed by atoms with E-state index in [-0.39, 0.29) is 6.04 Å². The highest BCUT2D eigenvalue weighted by Gasteiger charge is 2.20. The zero-order chi connectivity index (χ0) is 9.56. The number of hydrogen-bond donors (Lipinski definition) is 2. The third kappa shape index (κ3) is 6.45. The summed E-state index contributed by atoms with van der Waals surface area (Å²) in [6.45, 7) is 0.858. The van der Waals surface area contributed by atoms with E-state index >= 15 is 0 Å². The van der Waals surface area contributed by atoms with Crippen molar-refractivity contribution in [2.45, 2.75) is 18.9 Å². The van der Waals surface area contributed by atoms with Gasteiger partial charge >= 0.3 is 5.97 Å². The Hall–Kier alpha value is -0.260. The van der Waals surface area contributed by atoms with E-state index in [1.165, 1.54) is 0 Å². The van der Waals surface area contributed by atoms with Gasteiger partial charge in [-0.15, -0.1) is 0 Å². The van der Waals surface area contributed by atoms with E-state index in [1.807, 2.05) is 0 Å². The van der Waals surface area contributed by atoms with E-state index in [9.17, 15) is 9.35 Å². The topological polar surface area (TPSA) is 72.4 Å². The maximum atomic E-state index is 10.1. The molecule has 1 heterocycles. The van der Waals surface area contributed by atoms with Crippen LogP contribution in [0.2, 0.25) is 0 Å². The second kappa shape index (κ2) is 6.28. The molecule has 1 aliphatic rings. The molecule has 0 unspecified atom stereocenters. The summed E-state index contributed by atoms with van der Waals surface area (Å²) in [7, 11) is 0. The highest BCUT2D eigenvalue weighted by Crippen LogP contribution is 2.03. The highest BCUT2D eigenvalue weighted by molar-refractivity contribution is 7.89. The van der Waals surface area contributed by atoms with Crippen molar-refractivity contribution in [2.75, 3.05) is 19.1 Å². The predicted molar refractivity (Wildman–Crippen MR) is 48.7 cm³/mol. The molecule has 0 saturated carbocycles. The molecule has 0 amide bonds. The van der Waals surface area contributed by atoms with Crippen LogP contribution in [0.5, 0.6) is 0 Å². The smallest absolute Gasteiger partial charge is 0.320 e. The number of carbonyl (C=O) groups is 1. The molecule has 0 aromatic heterocycles. The minimum Gasteiger partial charge on any atom is -0.617 e. The normalized spacial score (nSPS) is 21.8. The second-order valence-corrected chi connectivity index (χ2v) is 4.21. The third-order valence-electron chi connectivity index (χ3n) is 1.36. The first kappa shape index (κ1) is 11.7. The number of hydrogen-bond acceptors (Lipinski definition) is 3. The molecule has 1 saturated heterocycles. The van der Waals surface area contributed by atoms with Gasteiger partial charge in [-0.1, -0.05) is 11.2 Å². The first-order valence-corrected chi connectivity index (χ1v) is 5.72. The standard InChI is InChI=1S/C5H9NO2.C2H6OS/c7-5(8)4-2-1-3-6-4;1-4(2)3/h4,6H,1-3H2,(H,7,8);1-2H3/t4-;/m0./s1. The lowest BCUT2D eigenvalue weighted by Crippen LogP contribution is -2.29. The van der Waals surface area contributed by atoms with Crippen molar-refractivity contribution in [3.63, 3.8) is 0 Å². The minimum atomic E-state index is -0.720. The lowest BCUT2D eigenvalue weighted by Gasteiger charge is -1.99. The predicted octanol–water partition coefficient (Wildman–Crippen LogP) is -0.182. The molecule has 4 nitrogen and oxygen atoms in total. The Bertz CT molecular complexity index is 132. The average Bonchev–Trinajstić information content (AvgIpc) is 2.34. The fourth-order valence-electron chi connectivity index (χ4n) is 0.895. The van der Waals surface area contributed by atoms with Crippen molar-refractivity contribution in [1.29, 1.82) is 0 Å². The molecule has 0 aromatic carbocycles. The van der Waals surface area contributed by atoms with E-state index in [2.05, 4.69) is 5.32 Å². The molecule has 5 heteroatoms. The Kier molecular flexibility index (Phi) is 6.14. The first-order chi connectivity index (χ1) is 5.54. The van der Waals surface area contributed by atoms with Gasteiger partial charge in [0.25, 0.3) is 0 Å². The summed E-state index contributed by atoms with van der Waals surface area (Å²) in [5.41, 5.74) is 0. The summed E-state index contributed by atoms with van der Waals surface area (Å²) in [6, 6.07) is -0.269. The maximum absolute atomic E-state index is 10.1. The fraction of sp³-hybridized carbons (Fsp3) is 0.857. The van der Waals surface area contributed by atoms with Gasteiger partial charge in [0.2, 0.25) is 0 Å². The van der Waals surface area contributed by atoms with Gasteiger partial charge in [-0.2, -0.15) is 0 Å². The van der Waals surface area contributed by atoms with Gasteiger partial charge in [0.05, 0.1) is 12.5 Å². The third-order valence-corrected chi connectivity index (χ3v) is 1.36. The number of aliphatic carboxylic acids is 1. The molecular formula is C7H15NO3S. The van der Waals surface area contributed by atoms with Gasteiger partial charge in [0, 0.05) is 0 Å². The number of nitrogens with one attached hydrogen (secondary N) is 1. The van der Waals surface area contributed by atoms with E-state index < -0.39 is 17.1 Å². The number of rotatable bonds is 1. The number of carboxylic acids is 1. The highest BCUT2D eigenvalue weighted by atomic mass is 32.2. The van der Waals surface area contributed by atoms with Crippen molar-refractivity contribution in [3.05, 3.63) is 0 Å². The van der Waals surface area contributed by atoms with Crippen molar-refractivity contribution in [1.82, 2.24) is 5.32 Å². The summed E-state index contributed by atoms with van der Waals surface area (Å²) >= 11 is -0.611. The van der Waals surface area contributed by atoms with Gasteiger partial charge in [-0.05, 0) is 19.4 Å². The van der Waals surface area contributed by atoms with Crippen LogP contribution in [0.3, 0.4) is 0 Å². The van der Waals surface area contributed by atoms with Crippen molar-refractivity contribution >= 4 is 17.1 Å². The Morgan fingerprint density at radius 1 is 1.67 bits per heavy atom. The summed E-state index contributed by atoms with van der Waals surface area (Å²) in [6.07, 6.45) is 5.06. The van der Waals surface area contributed by atoms with Crippen molar-refractivity contribution < 1.29 is 14.5 Å². The largest absolute Gasteiger partial charge is 0.617 e. The van der Waals surface area contributed by atoms with E-state index in [0.717, 1.165) is 19.4 Å². The molecule has 0 aromatic rings. The van der Waals surface area contributed by atoms with Gasteiger partial charge in [0.15, 0.2) is 0 Å². The Morgan fingerprint density at radius 2 is 2.17 bits per heavy atom. The number of carboxylic acid groups (broad SMARTS) is 1. The van der Waals surface area contributed by atoms with E-state index in [4.69, 9.17) is 5.11 Å². The maximum Gasteiger partial charge on any atom is 0.320 e. The quantitative estimate of drug-likeness (QED) is 0.566.